The molecule has 0 aliphatic carbocycles. The third-order valence-electron chi connectivity index (χ3n) is 3.27. The van der Waals surface area contributed by atoms with Crippen molar-refractivity contribution in [3.05, 3.63) is 58.1 Å². The molecule has 0 fully saturated rings. The minimum atomic E-state index is -0.304. The maximum Gasteiger partial charge on any atom is 0.244 e. The zero-order valence-electron chi connectivity index (χ0n) is 12.8. The van der Waals surface area contributed by atoms with Gasteiger partial charge < -0.3 is 10.2 Å². The zero-order valence-corrected chi connectivity index (χ0v) is 14.3. The molecule has 0 radical (unpaired) electrons. The summed E-state index contributed by atoms with van der Waals surface area (Å²) >= 11 is 11.8. The maximum atomic E-state index is 12.2. The molecular formula is C17H16Cl2N2O2. The molecule has 0 saturated heterocycles. The molecule has 0 atom stereocenters. The van der Waals surface area contributed by atoms with E-state index in [0.717, 1.165) is 5.56 Å². The molecule has 0 spiro atoms. The number of nitrogens with one attached hydrogen (secondary N) is 1. The van der Waals surface area contributed by atoms with Crippen LogP contribution >= 0.6 is 23.2 Å². The Balaban J connectivity index is 2.16. The van der Waals surface area contributed by atoms with Crippen molar-refractivity contribution in [1.29, 1.82) is 0 Å². The van der Waals surface area contributed by atoms with Crippen molar-refractivity contribution in [2.45, 2.75) is 13.8 Å². The molecule has 0 aliphatic heterocycles. The summed E-state index contributed by atoms with van der Waals surface area (Å²) in [4.78, 5) is 25.5. The van der Waals surface area contributed by atoms with E-state index in [1.807, 2.05) is 13.0 Å². The molecule has 0 unspecified atom stereocenters. The van der Waals surface area contributed by atoms with Gasteiger partial charge in [-0.3, -0.25) is 9.59 Å². The Labute approximate surface area is 145 Å². The number of hydrogen-bond donors (Lipinski definition) is 1. The lowest BCUT2D eigenvalue weighted by Crippen LogP contribution is -2.37. The van der Waals surface area contributed by atoms with Gasteiger partial charge in [-0.15, -0.1) is 0 Å². The van der Waals surface area contributed by atoms with Gasteiger partial charge in [0.25, 0.3) is 0 Å². The third-order valence-corrected chi connectivity index (χ3v) is 3.76. The largest absolute Gasteiger partial charge is 0.325 e. The minimum Gasteiger partial charge on any atom is -0.325 e. The fraction of sp³-hybridized carbons (Fsp3) is 0.176. The van der Waals surface area contributed by atoms with Crippen LogP contribution in [0.1, 0.15) is 12.5 Å². The van der Waals surface area contributed by atoms with Gasteiger partial charge in [0, 0.05) is 28.3 Å². The van der Waals surface area contributed by atoms with Crippen LogP contribution in [-0.2, 0) is 9.59 Å². The van der Waals surface area contributed by atoms with E-state index in [0.29, 0.717) is 21.4 Å². The first-order chi connectivity index (χ1) is 10.9. The van der Waals surface area contributed by atoms with Gasteiger partial charge in [0.15, 0.2) is 0 Å². The highest BCUT2D eigenvalue weighted by molar-refractivity contribution is 6.31. The number of carbonyl (C=O) groups is 2. The molecule has 0 aromatic heterocycles. The summed E-state index contributed by atoms with van der Waals surface area (Å²) in [6.07, 6.45) is 0. The van der Waals surface area contributed by atoms with E-state index in [1.165, 1.54) is 11.8 Å². The molecule has 0 bridgehead atoms. The summed E-state index contributed by atoms with van der Waals surface area (Å²) in [7, 11) is 0. The summed E-state index contributed by atoms with van der Waals surface area (Å²) in [5, 5.41) is 3.83. The van der Waals surface area contributed by atoms with Gasteiger partial charge in [-0.25, -0.2) is 0 Å². The predicted molar refractivity (Wildman–Crippen MR) is 94.3 cm³/mol. The van der Waals surface area contributed by atoms with E-state index < -0.39 is 0 Å². The van der Waals surface area contributed by atoms with Gasteiger partial charge in [-0.1, -0.05) is 29.3 Å². The third kappa shape index (κ3) is 4.71. The molecule has 120 valence electrons. The summed E-state index contributed by atoms with van der Waals surface area (Å²) < 4.78 is 0. The Morgan fingerprint density at radius 2 is 1.65 bits per heavy atom. The standard InChI is InChI=1S/C17H16Cl2N2O2/c1-11-3-4-14(19)9-16(11)21(12(2)22)10-17(23)20-15-7-5-13(18)6-8-15/h3-9H,10H2,1-2H3,(H,20,23). The first kappa shape index (κ1) is 17.3. The lowest BCUT2D eigenvalue weighted by molar-refractivity contribution is -0.120. The normalized spacial score (nSPS) is 10.3. The number of nitrogens with zero attached hydrogens (tertiary/aromatic N) is 1. The van der Waals surface area contributed by atoms with Crippen molar-refractivity contribution in [3.63, 3.8) is 0 Å². The topological polar surface area (TPSA) is 49.4 Å². The lowest BCUT2D eigenvalue weighted by Gasteiger charge is -2.23. The number of anilines is 2. The smallest absolute Gasteiger partial charge is 0.244 e. The van der Waals surface area contributed by atoms with E-state index in [2.05, 4.69) is 5.32 Å². The maximum absolute atomic E-state index is 12.2. The monoisotopic (exact) mass is 350 g/mol. The first-order valence-electron chi connectivity index (χ1n) is 6.96. The predicted octanol–water partition coefficient (Wildman–Crippen LogP) is 4.29. The van der Waals surface area contributed by atoms with E-state index in [9.17, 15) is 9.59 Å². The number of rotatable bonds is 4. The number of hydrogen-bond acceptors (Lipinski definition) is 2. The molecule has 2 aromatic carbocycles. The summed E-state index contributed by atoms with van der Waals surface area (Å²) in [6, 6.07) is 12.0. The number of amides is 2. The fourth-order valence-electron chi connectivity index (χ4n) is 2.12. The average Bonchev–Trinajstić information content (AvgIpc) is 2.49. The Morgan fingerprint density at radius 3 is 2.26 bits per heavy atom. The Hall–Kier alpha value is -2.04. The lowest BCUT2D eigenvalue weighted by atomic mass is 10.1. The molecule has 2 rings (SSSR count). The average molecular weight is 351 g/mol. The Kier molecular flexibility index (Phi) is 5.64. The Bertz CT molecular complexity index is 730. The van der Waals surface area contributed by atoms with Crippen LogP contribution in [0.2, 0.25) is 10.0 Å². The van der Waals surface area contributed by atoms with E-state index in [-0.39, 0.29) is 18.4 Å². The molecule has 0 heterocycles. The number of halogens is 2. The Morgan fingerprint density at radius 1 is 1.04 bits per heavy atom. The van der Waals surface area contributed by atoms with E-state index in [4.69, 9.17) is 23.2 Å². The molecule has 2 amide bonds. The molecule has 23 heavy (non-hydrogen) atoms. The highest BCUT2D eigenvalue weighted by Crippen LogP contribution is 2.24. The van der Waals surface area contributed by atoms with E-state index in [1.54, 1.807) is 36.4 Å². The number of aryl methyl sites for hydroxylation is 1. The van der Waals surface area contributed by atoms with Crippen LogP contribution < -0.4 is 10.2 Å². The van der Waals surface area contributed by atoms with Crippen LogP contribution in [0.15, 0.2) is 42.5 Å². The van der Waals surface area contributed by atoms with Crippen molar-refractivity contribution in [3.8, 4) is 0 Å². The van der Waals surface area contributed by atoms with Crippen LogP contribution in [0, 0.1) is 6.92 Å². The molecule has 6 heteroatoms. The van der Waals surface area contributed by atoms with Gasteiger partial charge in [0.2, 0.25) is 11.8 Å². The van der Waals surface area contributed by atoms with Crippen LogP contribution in [0.25, 0.3) is 0 Å². The first-order valence-corrected chi connectivity index (χ1v) is 7.72. The second-order valence-electron chi connectivity index (χ2n) is 5.09. The second-order valence-corrected chi connectivity index (χ2v) is 5.96. The quantitative estimate of drug-likeness (QED) is 0.893. The molecule has 2 aromatic rings. The van der Waals surface area contributed by atoms with Crippen LogP contribution in [0.5, 0.6) is 0 Å². The number of carbonyl (C=O) groups excluding carboxylic acids is 2. The van der Waals surface area contributed by atoms with Gasteiger partial charge in [0.1, 0.15) is 6.54 Å². The molecule has 0 saturated carbocycles. The van der Waals surface area contributed by atoms with Gasteiger partial charge in [-0.2, -0.15) is 0 Å². The highest BCUT2D eigenvalue weighted by Gasteiger charge is 2.18. The van der Waals surface area contributed by atoms with E-state index >= 15 is 0 Å². The van der Waals surface area contributed by atoms with Crippen LogP contribution in [-0.4, -0.2) is 18.4 Å². The van der Waals surface area contributed by atoms with Crippen molar-refractivity contribution < 1.29 is 9.59 Å². The SMILES string of the molecule is CC(=O)N(CC(=O)Nc1ccc(Cl)cc1)c1cc(Cl)ccc1C. The summed E-state index contributed by atoms with van der Waals surface area (Å²) in [5.74, 6) is -0.538. The number of benzene rings is 2. The zero-order chi connectivity index (χ0) is 17.0. The summed E-state index contributed by atoms with van der Waals surface area (Å²) in [6.45, 7) is 3.17. The van der Waals surface area contributed by atoms with Crippen LogP contribution in [0.3, 0.4) is 0 Å². The molecule has 4 nitrogen and oxygen atoms in total. The fourth-order valence-corrected chi connectivity index (χ4v) is 2.41. The van der Waals surface area contributed by atoms with Gasteiger partial charge in [0.05, 0.1) is 0 Å². The minimum absolute atomic E-state index is 0.0981. The van der Waals surface area contributed by atoms with Crippen LogP contribution in [0.4, 0.5) is 11.4 Å². The summed E-state index contributed by atoms with van der Waals surface area (Å²) in [5.41, 5.74) is 2.10. The van der Waals surface area contributed by atoms with Crippen molar-refractivity contribution >= 4 is 46.4 Å². The van der Waals surface area contributed by atoms with Crippen molar-refractivity contribution in [2.75, 3.05) is 16.8 Å². The highest BCUT2D eigenvalue weighted by atomic mass is 35.5. The second kappa shape index (κ2) is 7.49. The molecule has 0 aliphatic rings. The van der Waals surface area contributed by atoms with Gasteiger partial charge in [-0.05, 0) is 48.9 Å². The van der Waals surface area contributed by atoms with Crippen molar-refractivity contribution in [2.24, 2.45) is 0 Å². The van der Waals surface area contributed by atoms with Crippen molar-refractivity contribution in [1.82, 2.24) is 0 Å². The van der Waals surface area contributed by atoms with Gasteiger partial charge >= 0.3 is 0 Å². The molecule has 1 N–H and O–H groups in total. The molecular weight excluding hydrogens is 335 g/mol.